The molecule has 0 unspecified atom stereocenters. The van der Waals surface area contributed by atoms with Crippen molar-refractivity contribution in [3.63, 3.8) is 0 Å². The summed E-state index contributed by atoms with van der Waals surface area (Å²) in [6.07, 6.45) is -4.61. The number of nitrogens with two attached hydrogens (primary N) is 1. The van der Waals surface area contributed by atoms with Gasteiger partial charge in [0.1, 0.15) is 10.8 Å². The third kappa shape index (κ3) is 3.17. The quantitative estimate of drug-likeness (QED) is 0.689. The molecule has 11 heteroatoms. The van der Waals surface area contributed by atoms with Gasteiger partial charge in [-0.1, -0.05) is 30.1 Å². The van der Waals surface area contributed by atoms with E-state index in [1.807, 2.05) is 6.92 Å². The van der Waals surface area contributed by atoms with Crippen LogP contribution in [0.15, 0.2) is 29.1 Å². The first-order chi connectivity index (χ1) is 13.1. The maximum atomic E-state index is 12.8. The Hall–Kier alpha value is -2.10. The van der Waals surface area contributed by atoms with Crippen molar-refractivity contribution in [3.8, 4) is 0 Å². The molecular weight excluding hydrogens is 418 g/mol. The summed E-state index contributed by atoms with van der Waals surface area (Å²) >= 11 is 12.1. The summed E-state index contributed by atoms with van der Waals surface area (Å²) < 4.78 is 40.7. The predicted molar refractivity (Wildman–Crippen MR) is 97.7 cm³/mol. The lowest BCUT2D eigenvalue weighted by Gasteiger charge is -2.11. The van der Waals surface area contributed by atoms with Gasteiger partial charge < -0.3 is 5.73 Å². The Balaban J connectivity index is 1.76. The summed E-state index contributed by atoms with van der Waals surface area (Å²) in [4.78, 5) is 17.1. The van der Waals surface area contributed by atoms with Gasteiger partial charge in [0.05, 0.1) is 23.0 Å². The number of hydrogen-bond acceptors (Lipinski definition) is 4. The fourth-order valence-corrected chi connectivity index (χ4v) is 3.83. The fraction of sp³-hybridized carbons (Fsp3) is 0.353. The van der Waals surface area contributed by atoms with Crippen LogP contribution in [0.4, 0.5) is 13.2 Å². The van der Waals surface area contributed by atoms with Crippen LogP contribution in [-0.2, 0) is 12.7 Å². The van der Waals surface area contributed by atoms with E-state index in [2.05, 4.69) is 10.1 Å². The highest BCUT2D eigenvalue weighted by atomic mass is 35.5. The molecule has 0 spiro atoms. The summed E-state index contributed by atoms with van der Waals surface area (Å²) in [7, 11) is 0. The smallest absolute Gasteiger partial charge is 0.327 e. The zero-order valence-electron chi connectivity index (χ0n) is 14.4. The van der Waals surface area contributed by atoms with Crippen LogP contribution in [0.3, 0.4) is 0 Å². The number of fused-ring (bicyclic) bond motifs is 1. The third-order valence-corrected chi connectivity index (χ3v) is 5.58. The molecule has 3 atom stereocenters. The summed E-state index contributed by atoms with van der Waals surface area (Å²) in [6.45, 7) is 1.78. The van der Waals surface area contributed by atoms with E-state index < -0.39 is 17.4 Å². The first kappa shape index (κ1) is 19.2. The molecule has 0 bridgehead atoms. The van der Waals surface area contributed by atoms with E-state index in [-0.39, 0.29) is 35.3 Å². The topological polar surface area (TPSA) is 78.2 Å². The lowest BCUT2D eigenvalue weighted by Crippen LogP contribution is -2.21. The Labute approximate surface area is 166 Å². The number of halogens is 5. The second kappa shape index (κ2) is 6.47. The molecule has 0 amide bonds. The zero-order valence-corrected chi connectivity index (χ0v) is 15.9. The highest BCUT2D eigenvalue weighted by Crippen LogP contribution is 2.47. The Morgan fingerprint density at radius 1 is 1.25 bits per heavy atom. The van der Waals surface area contributed by atoms with Crippen molar-refractivity contribution in [2.24, 2.45) is 11.7 Å². The van der Waals surface area contributed by atoms with Crippen molar-refractivity contribution in [3.05, 3.63) is 61.9 Å². The molecule has 1 fully saturated rings. The highest BCUT2D eigenvalue weighted by Gasteiger charge is 2.47. The third-order valence-electron chi connectivity index (χ3n) is 4.96. The van der Waals surface area contributed by atoms with E-state index in [0.717, 1.165) is 10.7 Å². The number of aromatic nitrogens is 4. The number of pyridine rings is 1. The number of hydrogen-bond donors (Lipinski definition) is 1. The SMILES string of the molecule is C[C@@H]1[C@@H](N)[C@@H]1c1c(Cl)ccc2nc(Cn3nc(C(F)(F)F)cc3Cl)cc(=O)n12. The number of nitrogens with zero attached hydrogens (tertiary/aromatic N) is 4. The van der Waals surface area contributed by atoms with Gasteiger partial charge in [-0.3, -0.25) is 9.20 Å². The molecular formula is C17H14Cl2F3N5O. The predicted octanol–water partition coefficient (Wildman–Crippen LogP) is 3.33. The lowest BCUT2D eigenvalue weighted by molar-refractivity contribution is -0.141. The van der Waals surface area contributed by atoms with E-state index in [1.165, 1.54) is 10.5 Å². The van der Waals surface area contributed by atoms with Gasteiger partial charge in [-0.15, -0.1) is 0 Å². The molecule has 4 rings (SSSR count). The molecule has 1 saturated carbocycles. The second-order valence-electron chi connectivity index (χ2n) is 6.82. The van der Waals surface area contributed by atoms with Gasteiger partial charge in [0.2, 0.25) is 0 Å². The maximum Gasteiger partial charge on any atom is 0.435 e. The molecule has 2 N–H and O–H groups in total. The van der Waals surface area contributed by atoms with Crippen LogP contribution in [0.1, 0.15) is 29.9 Å². The van der Waals surface area contributed by atoms with Crippen LogP contribution in [0.2, 0.25) is 10.2 Å². The van der Waals surface area contributed by atoms with Gasteiger partial charge in [0.15, 0.2) is 5.69 Å². The molecule has 0 saturated heterocycles. The summed E-state index contributed by atoms with van der Waals surface area (Å²) in [5, 5.41) is 3.66. The van der Waals surface area contributed by atoms with Crippen LogP contribution >= 0.6 is 23.2 Å². The standard InChI is InChI=1S/C17H14Cl2F3N5O/c1-7-14(15(7)23)16-9(18)2-3-12-24-8(4-13(28)27(12)16)6-26-11(19)5-10(25-26)17(20,21)22/h2-5,7,14-15H,6,23H2,1H3/t7-,14+,15+/m0/s1. The van der Waals surface area contributed by atoms with Crippen LogP contribution in [0.5, 0.6) is 0 Å². The molecule has 1 aliphatic rings. The van der Waals surface area contributed by atoms with E-state index in [9.17, 15) is 18.0 Å². The number of rotatable bonds is 3. The van der Waals surface area contributed by atoms with Gasteiger partial charge in [0.25, 0.3) is 5.56 Å². The Bertz CT molecular complexity index is 1130. The van der Waals surface area contributed by atoms with Gasteiger partial charge in [-0.25, -0.2) is 9.67 Å². The minimum absolute atomic E-state index is 0.0588. The fourth-order valence-electron chi connectivity index (χ4n) is 3.35. The van der Waals surface area contributed by atoms with E-state index in [4.69, 9.17) is 28.9 Å². The molecule has 6 nitrogen and oxygen atoms in total. The van der Waals surface area contributed by atoms with E-state index >= 15 is 0 Å². The monoisotopic (exact) mass is 431 g/mol. The van der Waals surface area contributed by atoms with E-state index in [1.54, 1.807) is 12.1 Å². The molecule has 28 heavy (non-hydrogen) atoms. The van der Waals surface area contributed by atoms with E-state index in [0.29, 0.717) is 16.4 Å². The van der Waals surface area contributed by atoms with Crippen LogP contribution < -0.4 is 11.3 Å². The minimum atomic E-state index is -4.61. The van der Waals surface area contributed by atoms with Crippen LogP contribution in [0, 0.1) is 5.92 Å². The van der Waals surface area contributed by atoms with Gasteiger partial charge in [-0.2, -0.15) is 18.3 Å². The average molecular weight is 432 g/mol. The van der Waals surface area contributed by atoms with Gasteiger partial charge >= 0.3 is 6.18 Å². The molecule has 148 valence electrons. The number of alkyl halides is 3. The summed E-state index contributed by atoms with van der Waals surface area (Å²) in [5.41, 5.74) is 5.67. The average Bonchev–Trinajstić information content (AvgIpc) is 2.99. The van der Waals surface area contributed by atoms with Gasteiger partial charge in [0, 0.05) is 24.1 Å². The molecule has 0 radical (unpaired) electrons. The molecule has 0 aromatic carbocycles. The van der Waals surface area contributed by atoms with Crippen molar-refractivity contribution < 1.29 is 13.2 Å². The molecule has 3 aromatic rings. The molecule has 0 aliphatic heterocycles. The maximum absolute atomic E-state index is 12.8. The molecule has 3 aromatic heterocycles. The summed E-state index contributed by atoms with van der Waals surface area (Å²) in [5.74, 6) is 0.120. The van der Waals surface area contributed by atoms with Crippen LogP contribution in [0.25, 0.3) is 5.65 Å². The van der Waals surface area contributed by atoms with Crippen LogP contribution in [-0.4, -0.2) is 25.2 Å². The Morgan fingerprint density at radius 2 is 1.93 bits per heavy atom. The Morgan fingerprint density at radius 3 is 2.50 bits per heavy atom. The lowest BCUT2D eigenvalue weighted by atomic mass is 10.2. The summed E-state index contributed by atoms with van der Waals surface area (Å²) in [6, 6.07) is 5.06. The van der Waals surface area contributed by atoms with Crippen molar-refractivity contribution in [2.75, 3.05) is 0 Å². The normalized spacial score (nSPS) is 22.0. The Kier molecular flexibility index (Phi) is 4.44. The highest BCUT2D eigenvalue weighted by molar-refractivity contribution is 6.31. The minimum Gasteiger partial charge on any atom is -0.327 e. The second-order valence-corrected chi connectivity index (χ2v) is 7.61. The van der Waals surface area contributed by atoms with Crippen molar-refractivity contribution in [1.82, 2.24) is 19.2 Å². The first-order valence-electron chi connectivity index (χ1n) is 8.35. The largest absolute Gasteiger partial charge is 0.435 e. The first-order valence-corrected chi connectivity index (χ1v) is 9.10. The zero-order chi connectivity index (χ0) is 20.4. The van der Waals surface area contributed by atoms with Crippen molar-refractivity contribution in [2.45, 2.75) is 31.6 Å². The van der Waals surface area contributed by atoms with Crippen molar-refractivity contribution >= 4 is 28.8 Å². The van der Waals surface area contributed by atoms with Crippen molar-refractivity contribution in [1.29, 1.82) is 0 Å². The molecule has 3 heterocycles. The molecule has 1 aliphatic carbocycles. The van der Waals surface area contributed by atoms with Gasteiger partial charge in [-0.05, 0) is 18.1 Å².